The van der Waals surface area contributed by atoms with Gasteiger partial charge in [0.25, 0.3) is 11.8 Å². The number of fused-ring (bicyclic) bond motifs is 2. The van der Waals surface area contributed by atoms with Gasteiger partial charge in [0.05, 0.1) is 22.6 Å². The average Bonchev–Trinajstić information content (AvgIpc) is 3.84. The van der Waals surface area contributed by atoms with Crippen LogP contribution in [-0.2, 0) is 14.4 Å². The van der Waals surface area contributed by atoms with E-state index in [1.54, 1.807) is 30.0 Å². The first-order chi connectivity index (χ1) is 31.7. The van der Waals surface area contributed by atoms with E-state index in [9.17, 15) is 24.0 Å². The number of aromatic nitrogens is 4. The number of hydrogen-bond acceptors (Lipinski definition) is 13. The van der Waals surface area contributed by atoms with Crippen LogP contribution in [0.4, 0.5) is 5.82 Å². The number of amides is 5. The van der Waals surface area contributed by atoms with E-state index >= 15 is 0 Å². The van der Waals surface area contributed by atoms with Gasteiger partial charge in [0.1, 0.15) is 35.4 Å². The van der Waals surface area contributed by atoms with Crippen LogP contribution in [0.2, 0.25) is 0 Å². The third-order valence-corrected chi connectivity index (χ3v) is 13.7. The lowest BCUT2D eigenvalue weighted by Gasteiger charge is -2.34. The number of ether oxygens (including phenoxy) is 1. The van der Waals surface area contributed by atoms with Crippen molar-refractivity contribution in [3.05, 3.63) is 102 Å². The van der Waals surface area contributed by atoms with E-state index in [0.717, 1.165) is 98.2 Å². The zero-order valence-electron chi connectivity index (χ0n) is 36.1. The Morgan fingerprint density at radius 3 is 2.43 bits per heavy atom. The number of nitrogens with one attached hydrogen (secondary N) is 1. The Bertz CT molecular complexity index is 2610. The molecular formula is C48H52N10O6S. The van der Waals surface area contributed by atoms with E-state index in [4.69, 9.17) is 15.6 Å². The van der Waals surface area contributed by atoms with E-state index in [2.05, 4.69) is 25.1 Å². The Balaban J connectivity index is 0.705. The van der Waals surface area contributed by atoms with Crippen LogP contribution in [-0.4, -0.2) is 133 Å². The second kappa shape index (κ2) is 19.8. The minimum absolute atomic E-state index is 0.00253. The molecule has 5 amide bonds. The number of rotatable bonds is 15. The maximum atomic E-state index is 13.5. The second-order valence-corrected chi connectivity index (χ2v) is 18.0. The molecule has 9 rings (SSSR count). The molecule has 3 fully saturated rings. The molecule has 3 aromatic carbocycles. The lowest BCUT2D eigenvalue weighted by molar-refractivity contribution is -0.136. The summed E-state index contributed by atoms with van der Waals surface area (Å²) in [6.07, 6.45) is 10.2. The van der Waals surface area contributed by atoms with Crippen molar-refractivity contribution < 1.29 is 28.7 Å². The molecular weight excluding hydrogens is 845 g/mol. The first-order valence-electron chi connectivity index (χ1n) is 22.4. The highest BCUT2D eigenvalue weighted by atomic mass is 32.2. The quantitative estimate of drug-likeness (QED) is 0.0575. The van der Waals surface area contributed by atoms with Gasteiger partial charge in [-0.2, -0.15) is 5.10 Å². The molecule has 17 heteroatoms. The third kappa shape index (κ3) is 9.67. The number of piperazine rings is 1. The molecule has 2 aromatic heterocycles. The Hall–Kier alpha value is -6.43. The standard InChI is InChI=1S/C48H52N10O6S/c49-44-42-43(32-16-18-35(19-17-32)64-34-11-3-1-4-12-34)53-58(45(42)51-31-50-44)33-10-8-24-56(30-33)40(60)15-9-23-55-27-25-54(26-28-55)22-5-2-6-29-65-38-14-7-13-36-41(38)48(63)57(47(36)62)37-20-21-39(59)52-46(37)61/h1,3-4,7,9,11-19,31,33,37H,2,5-6,8,10,20-30H2,(H2,49,50,51)(H,52,59,61)/b15-9+/t33-,37?/m1/s1. The van der Waals surface area contributed by atoms with E-state index in [1.807, 2.05) is 76.3 Å². The lowest BCUT2D eigenvalue weighted by atomic mass is 10.0. The number of hydrogen-bond donors (Lipinski definition) is 2. The predicted octanol–water partition coefficient (Wildman–Crippen LogP) is 5.57. The second-order valence-electron chi connectivity index (χ2n) is 16.9. The fourth-order valence-corrected chi connectivity index (χ4v) is 10.2. The van der Waals surface area contributed by atoms with Crippen molar-refractivity contribution in [2.75, 3.05) is 63.8 Å². The first kappa shape index (κ1) is 43.8. The van der Waals surface area contributed by atoms with Crippen molar-refractivity contribution in [3.8, 4) is 22.8 Å². The van der Waals surface area contributed by atoms with E-state index in [0.29, 0.717) is 52.5 Å². The van der Waals surface area contributed by atoms with Gasteiger partial charge >= 0.3 is 0 Å². The highest BCUT2D eigenvalue weighted by molar-refractivity contribution is 7.99. The molecule has 2 atom stereocenters. The molecule has 0 spiro atoms. The molecule has 6 heterocycles. The highest BCUT2D eigenvalue weighted by Gasteiger charge is 2.45. The molecule has 4 aliphatic heterocycles. The number of nitrogens with two attached hydrogens (primary N) is 1. The number of unbranched alkanes of at least 4 members (excludes halogenated alkanes) is 2. The van der Waals surface area contributed by atoms with Crippen LogP contribution in [0.1, 0.15) is 71.7 Å². The number of carbonyl (C=O) groups excluding carboxylic acids is 5. The van der Waals surface area contributed by atoms with Crippen molar-refractivity contribution in [2.45, 2.75) is 61.9 Å². The predicted molar refractivity (Wildman–Crippen MR) is 246 cm³/mol. The summed E-state index contributed by atoms with van der Waals surface area (Å²) in [4.78, 5) is 81.6. The van der Waals surface area contributed by atoms with Crippen LogP contribution in [0.25, 0.3) is 22.3 Å². The first-order valence-corrected chi connectivity index (χ1v) is 23.4. The molecule has 5 aromatic rings. The monoisotopic (exact) mass is 896 g/mol. The number of anilines is 1. The van der Waals surface area contributed by atoms with Gasteiger partial charge in [0, 0.05) is 68.8 Å². The third-order valence-electron chi connectivity index (χ3n) is 12.6. The van der Waals surface area contributed by atoms with Gasteiger partial charge < -0.3 is 20.3 Å². The summed E-state index contributed by atoms with van der Waals surface area (Å²) in [7, 11) is 0. The highest BCUT2D eigenvalue weighted by Crippen LogP contribution is 2.37. The molecule has 0 radical (unpaired) electrons. The number of benzene rings is 3. The summed E-state index contributed by atoms with van der Waals surface area (Å²) in [5.41, 5.74) is 9.30. The van der Waals surface area contributed by atoms with Crippen LogP contribution < -0.4 is 15.8 Å². The smallest absolute Gasteiger partial charge is 0.263 e. The molecule has 16 nitrogen and oxygen atoms in total. The number of thioether (sulfide) groups is 1. The number of nitrogens with zero attached hydrogens (tertiary/aromatic N) is 8. The number of nitrogen functional groups attached to an aromatic ring is 1. The van der Waals surface area contributed by atoms with E-state index in [-0.39, 0.29) is 24.8 Å². The Morgan fingerprint density at radius 2 is 1.63 bits per heavy atom. The fraction of sp³-hybridized carbons (Fsp3) is 0.375. The van der Waals surface area contributed by atoms with Crippen molar-refractivity contribution >= 4 is 58.1 Å². The summed E-state index contributed by atoms with van der Waals surface area (Å²) in [6.45, 7) is 6.75. The lowest BCUT2D eigenvalue weighted by Crippen LogP contribution is -2.54. The van der Waals surface area contributed by atoms with Crippen molar-refractivity contribution in [1.82, 2.24) is 44.7 Å². The summed E-state index contributed by atoms with van der Waals surface area (Å²) in [5, 5.41) is 7.99. The molecule has 336 valence electrons. The molecule has 0 saturated carbocycles. The Morgan fingerprint density at radius 1 is 0.846 bits per heavy atom. The van der Waals surface area contributed by atoms with Gasteiger partial charge in [-0.25, -0.2) is 14.6 Å². The number of para-hydroxylation sites is 1. The normalized spacial score (nSPS) is 19.6. The van der Waals surface area contributed by atoms with Gasteiger partial charge in [-0.1, -0.05) is 36.8 Å². The minimum Gasteiger partial charge on any atom is -0.457 e. The molecule has 3 N–H and O–H groups in total. The summed E-state index contributed by atoms with van der Waals surface area (Å²) >= 11 is 1.56. The van der Waals surface area contributed by atoms with Gasteiger partial charge in [0.15, 0.2) is 5.65 Å². The minimum atomic E-state index is -0.970. The van der Waals surface area contributed by atoms with Crippen LogP contribution >= 0.6 is 11.8 Å². The van der Waals surface area contributed by atoms with Gasteiger partial charge in [0.2, 0.25) is 17.7 Å². The zero-order valence-corrected chi connectivity index (χ0v) is 37.0. The van der Waals surface area contributed by atoms with Crippen molar-refractivity contribution in [1.29, 1.82) is 0 Å². The van der Waals surface area contributed by atoms with Crippen LogP contribution in [0, 0.1) is 0 Å². The Kier molecular flexibility index (Phi) is 13.3. The van der Waals surface area contributed by atoms with E-state index < -0.39 is 29.7 Å². The molecule has 0 aliphatic carbocycles. The summed E-state index contributed by atoms with van der Waals surface area (Å²) in [5.74, 6) is 0.682. The van der Waals surface area contributed by atoms with E-state index in [1.165, 1.54) is 6.33 Å². The average molecular weight is 897 g/mol. The van der Waals surface area contributed by atoms with Gasteiger partial charge in [-0.3, -0.25) is 39.1 Å². The topological polar surface area (TPSA) is 189 Å². The van der Waals surface area contributed by atoms with Gasteiger partial charge in [-0.15, -0.1) is 11.8 Å². The summed E-state index contributed by atoms with van der Waals surface area (Å²) < 4.78 is 7.91. The molecule has 65 heavy (non-hydrogen) atoms. The number of piperidine rings is 2. The zero-order chi connectivity index (χ0) is 44.9. The van der Waals surface area contributed by atoms with Crippen molar-refractivity contribution in [2.24, 2.45) is 0 Å². The van der Waals surface area contributed by atoms with Crippen LogP contribution in [0.15, 0.2) is 96.2 Å². The van der Waals surface area contributed by atoms with Crippen LogP contribution in [0.5, 0.6) is 11.5 Å². The molecule has 3 saturated heterocycles. The Labute approximate surface area is 381 Å². The number of imide groups is 2. The molecule has 0 bridgehead atoms. The van der Waals surface area contributed by atoms with Crippen LogP contribution in [0.3, 0.4) is 0 Å². The summed E-state index contributed by atoms with van der Waals surface area (Å²) in [6, 6.07) is 21.6. The van der Waals surface area contributed by atoms with Gasteiger partial charge in [-0.05, 0) is 92.9 Å². The largest absolute Gasteiger partial charge is 0.457 e. The molecule has 1 unspecified atom stereocenters. The SMILES string of the molecule is Nc1ncnc2c1c(-c1ccc(Oc3ccccc3)cc1)nn2[C@@H]1CCCN(C(=O)/C=C/CN2CCN(CCCCCSc3cccc4c3C(=O)N(C3CCC(=O)NC3=O)C4=O)CC2)C1. The number of carbonyl (C=O) groups is 5. The maximum Gasteiger partial charge on any atom is 0.263 e. The molecule has 4 aliphatic rings. The fourth-order valence-electron chi connectivity index (χ4n) is 9.12. The maximum absolute atomic E-state index is 13.5. The van der Waals surface area contributed by atoms with Crippen molar-refractivity contribution in [3.63, 3.8) is 0 Å². The number of likely N-dealkylation sites (tertiary alicyclic amines) is 1.